The number of amides is 1. The van der Waals surface area contributed by atoms with Crippen LogP contribution in [0.1, 0.15) is 18.9 Å². The first-order valence-electron chi connectivity index (χ1n) is 9.70. The van der Waals surface area contributed by atoms with E-state index in [2.05, 4.69) is 24.0 Å². The van der Waals surface area contributed by atoms with Gasteiger partial charge in [-0.3, -0.25) is 9.69 Å². The maximum atomic E-state index is 13.1. The predicted octanol–water partition coefficient (Wildman–Crippen LogP) is 5.50. The largest absolute Gasteiger partial charge is 0.309 e. The van der Waals surface area contributed by atoms with Crippen LogP contribution in [-0.4, -0.2) is 48.7 Å². The average molecular weight is 468 g/mol. The Morgan fingerprint density at radius 3 is 2.53 bits per heavy atom. The van der Waals surface area contributed by atoms with Crippen molar-refractivity contribution in [1.82, 2.24) is 9.88 Å². The highest BCUT2D eigenvalue weighted by Crippen LogP contribution is 2.32. The van der Waals surface area contributed by atoms with Gasteiger partial charge in [0.2, 0.25) is 5.91 Å². The van der Waals surface area contributed by atoms with E-state index in [9.17, 15) is 9.18 Å². The lowest BCUT2D eigenvalue weighted by atomic mass is 10.1. The third-order valence-electron chi connectivity index (χ3n) is 4.57. The molecule has 0 aliphatic heterocycles. The molecule has 2 aromatic carbocycles. The van der Waals surface area contributed by atoms with Crippen molar-refractivity contribution in [1.29, 1.82) is 0 Å². The second-order valence-corrected chi connectivity index (χ2v) is 9.12. The van der Waals surface area contributed by atoms with Gasteiger partial charge in [0.25, 0.3) is 0 Å². The van der Waals surface area contributed by atoms with Gasteiger partial charge in [-0.2, -0.15) is 0 Å². The van der Waals surface area contributed by atoms with E-state index in [1.807, 2.05) is 25.1 Å². The Morgan fingerprint density at radius 2 is 1.87 bits per heavy atom. The number of nitrogens with zero attached hydrogens (tertiary/aromatic N) is 3. The monoisotopic (exact) mass is 467 g/mol. The van der Waals surface area contributed by atoms with Gasteiger partial charge in [-0.1, -0.05) is 30.4 Å². The number of carbonyl (C=O) groups is 1. The Kier molecular flexibility index (Phi) is 9.55. The highest BCUT2D eigenvalue weighted by Gasteiger charge is 2.20. The van der Waals surface area contributed by atoms with Gasteiger partial charge >= 0.3 is 0 Å². The zero-order valence-corrected chi connectivity index (χ0v) is 19.9. The SMILES string of the molecule is CCc1cccc2sc(N(CCCN(C)C)C(=O)CSc3ccc(F)cc3)nc12.Cl. The first-order valence-corrected chi connectivity index (χ1v) is 11.5. The Bertz CT molecular complexity index is 963. The number of para-hydroxylation sites is 1. The van der Waals surface area contributed by atoms with Crippen LogP contribution in [0.3, 0.4) is 0 Å². The van der Waals surface area contributed by atoms with Gasteiger partial charge in [-0.15, -0.1) is 24.2 Å². The molecule has 0 N–H and O–H groups in total. The molecular formula is C22H27ClFN3OS2. The van der Waals surface area contributed by atoms with Crippen LogP contribution in [0.15, 0.2) is 47.4 Å². The van der Waals surface area contributed by atoms with Gasteiger partial charge in [-0.05, 0) is 69.4 Å². The number of thiazole rings is 1. The second-order valence-electron chi connectivity index (χ2n) is 7.06. The Balaban J connectivity index is 0.00000320. The van der Waals surface area contributed by atoms with Crippen molar-refractivity contribution in [3.05, 3.63) is 53.8 Å². The van der Waals surface area contributed by atoms with Crippen LogP contribution < -0.4 is 4.90 Å². The fraction of sp³-hybridized carbons (Fsp3) is 0.364. The van der Waals surface area contributed by atoms with Gasteiger partial charge in [0.1, 0.15) is 5.82 Å². The number of hydrogen-bond donors (Lipinski definition) is 0. The molecular weight excluding hydrogens is 441 g/mol. The molecule has 1 heterocycles. The molecule has 1 amide bonds. The van der Waals surface area contributed by atoms with E-state index >= 15 is 0 Å². The minimum absolute atomic E-state index is 0. The molecule has 0 fully saturated rings. The second kappa shape index (κ2) is 11.6. The van der Waals surface area contributed by atoms with Crippen LogP contribution in [0.2, 0.25) is 0 Å². The minimum atomic E-state index is -0.271. The molecule has 0 atom stereocenters. The van der Waals surface area contributed by atoms with E-state index in [0.717, 1.165) is 39.6 Å². The van der Waals surface area contributed by atoms with Crippen LogP contribution in [0, 0.1) is 5.82 Å². The van der Waals surface area contributed by atoms with E-state index < -0.39 is 0 Å². The zero-order valence-electron chi connectivity index (χ0n) is 17.4. The quantitative estimate of drug-likeness (QED) is 0.389. The van der Waals surface area contributed by atoms with Crippen molar-refractivity contribution in [2.24, 2.45) is 0 Å². The highest BCUT2D eigenvalue weighted by atomic mass is 35.5. The maximum Gasteiger partial charge on any atom is 0.239 e. The molecule has 0 bridgehead atoms. The average Bonchev–Trinajstić information content (AvgIpc) is 3.14. The van der Waals surface area contributed by atoms with Crippen molar-refractivity contribution in [2.75, 3.05) is 37.8 Å². The van der Waals surface area contributed by atoms with E-state index in [1.54, 1.807) is 23.5 Å². The predicted molar refractivity (Wildman–Crippen MR) is 129 cm³/mol. The summed E-state index contributed by atoms with van der Waals surface area (Å²) in [7, 11) is 4.06. The number of benzene rings is 2. The summed E-state index contributed by atoms with van der Waals surface area (Å²) in [6, 6.07) is 12.4. The number of fused-ring (bicyclic) bond motifs is 1. The molecule has 3 aromatic rings. The number of carbonyl (C=O) groups excluding carboxylic acids is 1. The van der Waals surface area contributed by atoms with Crippen LogP contribution in [0.5, 0.6) is 0 Å². The number of thioether (sulfide) groups is 1. The van der Waals surface area contributed by atoms with Gasteiger partial charge in [0.15, 0.2) is 5.13 Å². The summed E-state index contributed by atoms with van der Waals surface area (Å²) < 4.78 is 14.2. The summed E-state index contributed by atoms with van der Waals surface area (Å²) in [6.45, 7) is 3.65. The molecule has 4 nitrogen and oxygen atoms in total. The number of halogens is 2. The van der Waals surface area contributed by atoms with Crippen molar-refractivity contribution >= 4 is 56.8 Å². The van der Waals surface area contributed by atoms with Crippen LogP contribution in [-0.2, 0) is 11.2 Å². The molecule has 8 heteroatoms. The highest BCUT2D eigenvalue weighted by molar-refractivity contribution is 8.00. The molecule has 30 heavy (non-hydrogen) atoms. The van der Waals surface area contributed by atoms with Gasteiger partial charge < -0.3 is 4.90 Å². The van der Waals surface area contributed by atoms with Crippen molar-refractivity contribution in [3.8, 4) is 0 Å². The minimum Gasteiger partial charge on any atom is -0.309 e. The normalized spacial score (nSPS) is 11.0. The molecule has 1 aromatic heterocycles. The van der Waals surface area contributed by atoms with Crippen LogP contribution in [0.25, 0.3) is 10.2 Å². The summed E-state index contributed by atoms with van der Waals surface area (Å²) in [5, 5.41) is 0.754. The molecule has 162 valence electrons. The zero-order chi connectivity index (χ0) is 20.8. The Morgan fingerprint density at radius 1 is 1.13 bits per heavy atom. The summed E-state index contributed by atoms with van der Waals surface area (Å²) in [4.78, 5) is 22.7. The topological polar surface area (TPSA) is 36.4 Å². The fourth-order valence-corrected chi connectivity index (χ4v) is 4.85. The maximum absolute atomic E-state index is 13.1. The molecule has 0 aliphatic carbocycles. The number of aromatic nitrogens is 1. The van der Waals surface area contributed by atoms with E-state index in [-0.39, 0.29) is 24.1 Å². The summed E-state index contributed by atoms with van der Waals surface area (Å²) in [6.07, 6.45) is 1.78. The van der Waals surface area contributed by atoms with Crippen molar-refractivity contribution in [2.45, 2.75) is 24.7 Å². The first-order chi connectivity index (χ1) is 14.0. The van der Waals surface area contributed by atoms with Gasteiger partial charge in [0, 0.05) is 11.4 Å². The number of rotatable bonds is 9. The fourth-order valence-electron chi connectivity index (χ4n) is 3.02. The summed E-state index contributed by atoms with van der Waals surface area (Å²) in [5.41, 5.74) is 2.19. The third-order valence-corrected chi connectivity index (χ3v) is 6.61. The molecule has 3 rings (SSSR count). The van der Waals surface area contributed by atoms with E-state index in [1.165, 1.54) is 29.5 Å². The molecule has 0 aliphatic rings. The van der Waals surface area contributed by atoms with Crippen LogP contribution >= 0.6 is 35.5 Å². The molecule has 0 unspecified atom stereocenters. The van der Waals surface area contributed by atoms with Gasteiger partial charge in [0.05, 0.1) is 16.0 Å². The lowest BCUT2D eigenvalue weighted by Crippen LogP contribution is -2.34. The molecule has 0 radical (unpaired) electrons. The Hall–Kier alpha value is -1.67. The van der Waals surface area contributed by atoms with Crippen molar-refractivity contribution < 1.29 is 9.18 Å². The van der Waals surface area contributed by atoms with Gasteiger partial charge in [-0.25, -0.2) is 9.37 Å². The number of anilines is 1. The third kappa shape index (κ3) is 6.41. The van der Waals surface area contributed by atoms with Crippen molar-refractivity contribution in [3.63, 3.8) is 0 Å². The number of aryl methyl sites for hydroxylation is 1. The lowest BCUT2D eigenvalue weighted by molar-refractivity contribution is -0.116. The Labute approximate surface area is 191 Å². The molecule has 0 saturated heterocycles. The standard InChI is InChI=1S/C22H26FN3OS2.ClH/c1-4-16-7-5-8-19-21(16)24-22(29-19)26(14-6-13-25(2)3)20(27)15-28-18-11-9-17(23)10-12-18;/h5,7-12H,4,6,13-15H2,1-3H3;1H. The first kappa shape index (κ1) is 24.6. The molecule has 0 saturated carbocycles. The summed E-state index contributed by atoms with van der Waals surface area (Å²) in [5.74, 6) is 0.0480. The van der Waals surface area contributed by atoms with Crippen LogP contribution in [0.4, 0.5) is 9.52 Å². The summed E-state index contributed by atoms with van der Waals surface area (Å²) >= 11 is 2.99. The molecule has 0 spiro atoms. The lowest BCUT2D eigenvalue weighted by Gasteiger charge is -2.21. The van der Waals surface area contributed by atoms with E-state index in [4.69, 9.17) is 4.98 Å². The number of hydrogen-bond acceptors (Lipinski definition) is 5. The van der Waals surface area contributed by atoms with E-state index in [0.29, 0.717) is 12.3 Å². The smallest absolute Gasteiger partial charge is 0.239 e.